The average molecular weight is 314 g/mol. The smallest absolute Gasteiger partial charge is 0.337 e. The van der Waals surface area contributed by atoms with Crippen LogP contribution in [0.2, 0.25) is 0 Å². The van der Waals surface area contributed by atoms with Crippen LogP contribution in [-0.4, -0.2) is 48.1 Å². The summed E-state index contributed by atoms with van der Waals surface area (Å²) in [5.74, 6) is -1.35. The minimum Gasteiger partial charge on any atom is -0.478 e. The molecule has 0 aromatic heterocycles. The lowest BCUT2D eigenvalue weighted by atomic mass is 9.93. The van der Waals surface area contributed by atoms with Crippen LogP contribution >= 0.6 is 0 Å². The summed E-state index contributed by atoms with van der Waals surface area (Å²) in [5.41, 5.74) is 5.36. The topological polar surface area (TPSA) is 121 Å². The Balaban J connectivity index is 2.49. The van der Waals surface area contributed by atoms with Crippen LogP contribution in [0.25, 0.3) is 0 Å². The van der Waals surface area contributed by atoms with Gasteiger partial charge in [0, 0.05) is 18.3 Å². The van der Waals surface area contributed by atoms with Gasteiger partial charge in [0.25, 0.3) is 0 Å². The number of nitrogens with zero attached hydrogens (tertiary/aromatic N) is 1. The molecule has 0 saturated heterocycles. The molecule has 21 heavy (non-hydrogen) atoms. The van der Waals surface area contributed by atoms with E-state index in [9.17, 15) is 18.3 Å². The third kappa shape index (κ3) is 3.02. The molecule has 1 aliphatic rings. The molecule has 0 amide bonds. The van der Waals surface area contributed by atoms with Crippen molar-refractivity contribution in [3.63, 3.8) is 0 Å². The van der Waals surface area contributed by atoms with Crippen molar-refractivity contribution < 1.29 is 23.4 Å². The van der Waals surface area contributed by atoms with E-state index in [2.05, 4.69) is 0 Å². The van der Waals surface area contributed by atoms with Gasteiger partial charge in [-0.2, -0.15) is 4.31 Å². The Labute approximate surface area is 123 Å². The summed E-state index contributed by atoms with van der Waals surface area (Å²) in [6.45, 7) is -0.358. The zero-order valence-corrected chi connectivity index (χ0v) is 12.2. The number of carbonyl (C=O) groups is 1. The quantitative estimate of drug-likeness (QED) is 0.658. The molecule has 0 unspecified atom stereocenters. The van der Waals surface area contributed by atoms with Crippen LogP contribution in [0.3, 0.4) is 0 Å². The highest BCUT2D eigenvalue weighted by Gasteiger charge is 2.36. The number of benzene rings is 1. The molecule has 1 aromatic rings. The minimum absolute atomic E-state index is 0.0452. The van der Waals surface area contributed by atoms with Crippen molar-refractivity contribution >= 4 is 21.7 Å². The Morgan fingerprint density at radius 1 is 1.38 bits per heavy atom. The van der Waals surface area contributed by atoms with E-state index in [1.807, 2.05) is 0 Å². The van der Waals surface area contributed by atoms with Crippen LogP contribution in [0.4, 0.5) is 5.69 Å². The summed E-state index contributed by atoms with van der Waals surface area (Å²) in [5, 5.41) is 18.3. The maximum Gasteiger partial charge on any atom is 0.337 e. The largest absolute Gasteiger partial charge is 0.478 e. The molecule has 2 rings (SSSR count). The second-order valence-corrected chi connectivity index (χ2v) is 6.84. The van der Waals surface area contributed by atoms with Gasteiger partial charge in [0.1, 0.15) is 0 Å². The molecule has 0 atom stereocenters. The van der Waals surface area contributed by atoms with Gasteiger partial charge in [0.05, 0.1) is 17.1 Å². The number of aliphatic hydroxyl groups is 1. The van der Waals surface area contributed by atoms with Gasteiger partial charge in [0.2, 0.25) is 10.0 Å². The summed E-state index contributed by atoms with van der Waals surface area (Å²) in [6, 6.07) is 3.52. The number of rotatable bonds is 6. The van der Waals surface area contributed by atoms with E-state index in [0.29, 0.717) is 0 Å². The maximum absolute atomic E-state index is 12.7. The number of nitrogen functional groups attached to an aromatic ring is 1. The van der Waals surface area contributed by atoms with Crippen LogP contribution in [0.1, 0.15) is 29.6 Å². The van der Waals surface area contributed by atoms with Gasteiger partial charge in [-0.3, -0.25) is 0 Å². The van der Waals surface area contributed by atoms with Crippen LogP contribution in [0.15, 0.2) is 23.1 Å². The van der Waals surface area contributed by atoms with Crippen molar-refractivity contribution in [2.75, 3.05) is 18.9 Å². The van der Waals surface area contributed by atoms with Gasteiger partial charge in [-0.05, 0) is 31.0 Å². The fourth-order valence-electron chi connectivity index (χ4n) is 2.34. The predicted octanol–water partition coefficient (Wildman–Crippen LogP) is 0.503. The molecule has 116 valence electrons. The van der Waals surface area contributed by atoms with Crippen molar-refractivity contribution in [3.8, 4) is 0 Å². The SMILES string of the molecule is Nc1ccc(S(=O)(=O)N(CCO)C2CCC2)c(C(=O)O)c1. The van der Waals surface area contributed by atoms with Crippen LogP contribution in [0.5, 0.6) is 0 Å². The van der Waals surface area contributed by atoms with E-state index in [0.717, 1.165) is 25.3 Å². The molecule has 8 heteroatoms. The summed E-state index contributed by atoms with van der Waals surface area (Å²) < 4.78 is 26.6. The third-order valence-electron chi connectivity index (χ3n) is 3.62. The number of nitrogens with two attached hydrogens (primary N) is 1. The Kier molecular flexibility index (Phi) is 4.50. The van der Waals surface area contributed by atoms with E-state index in [1.165, 1.54) is 16.4 Å². The molecule has 0 aliphatic heterocycles. The van der Waals surface area contributed by atoms with Gasteiger partial charge in [0.15, 0.2) is 0 Å². The number of aromatic carboxylic acids is 1. The van der Waals surface area contributed by atoms with E-state index in [4.69, 9.17) is 10.8 Å². The van der Waals surface area contributed by atoms with Gasteiger partial charge in [-0.15, -0.1) is 0 Å². The lowest BCUT2D eigenvalue weighted by molar-refractivity contribution is 0.0692. The van der Waals surface area contributed by atoms with Crippen LogP contribution < -0.4 is 5.73 Å². The van der Waals surface area contributed by atoms with Gasteiger partial charge in [-0.25, -0.2) is 13.2 Å². The first-order valence-electron chi connectivity index (χ1n) is 6.63. The number of carboxylic acid groups (broad SMARTS) is 1. The molecule has 0 heterocycles. The number of anilines is 1. The van der Waals surface area contributed by atoms with Crippen molar-refractivity contribution in [3.05, 3.63) is 23.8 Å². The van der Waals surface area contributed by atoms with Crippen LogP contribution in [0, 0.1) is 0 Å². The molecule has 0 bridgehead atoms. The second kappa shape index (κ2) is 6.00. The van der Waals surface area contributed by atoms with Crippen molar-refractivity contribution in [1.82, 2.24) is 4.31 Å². The first-order chi connectivity index (χ1) is 9.87. The highest BCUT2D eigenvalue weighted by molar-refractivity contribution is 7.89. The molecule has 4 N–H and O–H groups in total. The molecule has 1 saturated carbocycles. The zero-order chi connectivity index (χ0) is 15.6. The summed E-state index contributed by atoms with van der Waals surface area (Å²) in [4.78, 5) is 11.0. The van der Waals surface area contributed by atoms with E-state index in [1.54, 1.807) is 0 Å². The molecule has 0 spiro atoms. The molecular formula is C13H18N2O5S. The van der Waals surface area contributed by atoms with E-state index < -0.39 is 16.0 Å². The Hall–Kier alpha value is -1.64. The monoisotopic (exact) mass is 314 g/mol. The fourth-order valence-corrected chi connectivity index (χ4v) is 4.18. The van der Waals surface area contributed by atoms with Gasteiger partial charge < -0.3 is 15.9 Å². The molecule has 7 nitrogen and oxygen atoms in total. The normalized spacial score (nSPS) is 15.9. The van der Waals surface area contributed by atoms with E-state index >= 15 is 0 Å². The standard InChI is InChI=1S/C13H18N2O5S/c14-9-4-5-12(11(8-9)13(17)18)21(19,20)15(6-7-16)10-2-1-3-10/h4-5,8,10,16H,1-3,6-7,14H2,(H,17,18). The fraction of sp³-hybridized carbons (Fsp3) is 0.462. The summed E-state index contributed by atoms with van der Waals surface area (Å²) >= 11 is 0. The second-order valence-electron chi connectivity index (χ2n) is 4.98. The molecule has 1 fully saturated rings. The lowest BCUT2D eigenvalue weighted by Gasteiger charge is -2.36. The van der Waals surface area contributed by atoms with Crippen molar-refractivity contribution in [1.29, 1.82) is 0 Å². The van der Waals surface area contributed by atoms with Gasteiger partial charge in [-0.1, -0.05) is 6.42 Å². The third-order valence-corrected chi connectivity index (χ3v) is 5.63. The van der Waals surface area contributed by atoms with Crippen molar-refractivity contribution in [2.24, 2.45) is 0 Å². The average Bonchev–Trinajstić information content (AvgIpc) is 2.35. The number of hydrogen-bond donors (Lipinski definition) is 3. The maximum atomic E-state index is 12.7. The van der Waals surface area contributed by atoms with Gasteiger partial charge >= 0.3 is 5.97 Å². The van der Waals surface area contributed by atoms with E-state index in [-0.39, 0.29) is 35.3 Å². The number of sulfonamides is 1. The predicted molar refractivity (Wildman–Crippen MR) is 76.4 cm³/mol. The molecule has 1 aromatic carbocycles. The number of carboxylic acids is 1. The lowest BCUT2D eigenvalue weighted by Crippen LogP contribution is -2.45. The molecular weight excluding hydrogens is 296 g/mol. The molecule has 1 aliphatic carbocycles. The first-order valence-corrected chi connectivity index (χ1v) is 8.07. The summed E-state index contributed by atoms with van der Waals surface area (Å²) in [6.07, 6.45) is 2.36. The molecule has 0 radical (unpaired) electrons. The highest BCUT2D eigenvalue weighted by atomic mass is 32.2. The number of aliphatic hydroxyl groups excluding tert-OH is 1. The Bertz CT molecular complexity index is 640. The van der Waals surface area contributed by atoms with Crippen molar-refractivity contribution in [2.45, 2.75) is 30.2 Å². The summed E-state index contributed by atoms with van der Waals surface area (Å²) in [7, 11) is -3.98. The van der Waals surface area contributed by atoms with Crippen LogP contribution in [-0.2, 0) is 10.0 Å². The highest BCUT2D eigenvalue weighted by Crippen LogP contribution is 2.31. The Morgan fingerprint density at radius 3 is 2.52 bits per heavy atom. The minimum atomic E-state index is -3.98. The number of hydrogen-bond acceptors (Lipinski definition) is 5. The Morgan fingerprint density at radius 2 is 2.05 bits per heavy atom. The first kappa shape index (κ1) is 15.7. The zero-order valence-electron chi connectivity index (χ0n) is 11.4.